The van der Waals surface area contributed by atoms with Gasteiger partial charge < -0.3 is 14.2 Å². The average molecular weight is 240 g/mol. The van der Waals surface area contributed by atoms with E-state index in [1.165, 1.54) is 12.8 Å². The van der Waals surface area contributed by atoms with Crippen LogP contribution in [0.15, 0.2) is 0 Å². The predicted octanol–water partition coefficient (Wildman–Crippen LogP) is 2.88. The molecule has 0 aromatic heterocycles. The average Bonchev–Trinajstić information content (AvgIpc) is 2.76. The van der Waals surface area contributed by atoms with Gasteiger partial charge in [0.2, 0.25) is 0 Å². The van der Waals surface area contributed by atoms with Gasteiger partial charge in [0, 0.05) is 12.8 Å². The van der Waals surface area contributed by atoms with Crippen LogP contribution in [-0.4, -0.2) is 31.2 Å². The van der Waals surface area contributed by atoms with Crippen LogP contribution in [0.25, 0.3) is 0 Å². The molecule has 0 atom stereocenters. The van der Waals surface area contributed by atoms with Crippen molar-refractivity contribution in [1.29, 1.82) is 0 Å². The molecule has 0 aromatic rings. The summed E-state index contributed by atoms with van der Waals surface area (Å²) in [6, 6.07) is 0. The summed E-state index contributed by atoms with van der Waals surface area (Å²) in [6.07, 6.45) is 6.70. The zero-order valence-electron chi connectivity index (χ0n) is 11.1. The van der Waals surface area contributed by atoms with Gasteiger partial charge in [-0.1, -0.05) is 13.8 Å². The fraction of sp³-hybridized carbons (Fsp3) is 1.00. The highest BCUT2D eigenvalue weighted by Gasteiger charge is 2.48. The van der Waals surface area contributed by atoms with Crippen LogP contribution in [0.5, 0.6) is 0 Å². The zero-order valence-corrected chi connectivity index (χ0v) is 11.1. The van der Waals surface area contributed by atoms with Crippen molar-refractivity contribution in [3.05, 3.63) is 0 Å². The minimum absolute atomic E-state index is 0.135. The normalized spacial score (nSPS) is 39.9. The topological polar surface area (TPSA) is 27.7 Å². The summed E-state index contributed by atoms with van der Waals surface area (Å²) in [6.45, 7) is 7.03. The molecule has 2 spiro atoms. The lowest BCUT2D eigenvalue weighted by Gasteiger charge is -2.48. The Labute approximate surface area is 104 Å². The molecule has 0 amide bonds. The molecule has 3 rings (SSSR count). The quantitative estimate of drug-likeness (QED) is 0.651. The van der Waals surface area contributed by atoms with E-state index in [0.717, 1.165) is 45.5 Å². The molecule has 98 valence electrons. The Balaban J connectivity index is 1.61. The number of hydrogen-bond donors (Lipinski definition) is 0. The van der Waals surface area contributed by atoms with Crippen molar-refractivity contribution in [2.75, 3.05) is 19.8 Å². The Kier molecular flexibility index (Phi) is 2.77. The van der Waals surface area contributed by atoms with Crippen LogP contribution in [0, 0.1) is 5.41 Å². The molecule has 0 radical (unpaired) electrons. The fourth-order valence-corrected chi connectivity index (χ4v) is 3.33. The van der Waals surface area contributed by atoms with E-state index in [2.05, 4.69) is 13.8 Å². The van der Waals surface area contributed by atoms with Gasteiger partial charge in [0.25, 0.3) is 0 Å². The molecular weight excluding hydrogens is 216 g/mol. The standard InChI is InChI=1S/C14H24O3/c1-12(2)3-4-13(17-11-12)5-7-14(8-6-13)15-9-10-16-14/h3-11H2,1-2H3. The van der Waals surface area contributed by atoms with Crippen molar-refractivity contribution in [2.45, 2.75) is 63.8 Å². The van der Waals surface area contributed by atoms with Crippen LogP contribution in [0.2, 0.25) is 0 Å². The maximum Gasteiger partial charge on any atom is 0.168 e. The Bertz CT molecular complexity index is 270. The second kappa shape index (κ2) is 3.94. The summed E-state index contributed by atoms with van der Waals surface area (Å²) in [5, 5.41) is 0. The van der Waals surface area contributed by atoms with Crippen LogP contribution < -0.4 is 0 Å². The summed E-state index contributed by atoms with van der Waals surface area (Å²) >= 11 is 0. The van der Waals surface area contributed by atoms with E-state index in [9.17, 15) is 0 Å². The minimum Gasteiger partial charge on any atom is -0.374 e. The van der Waals surface area contributed by atoms with Gasteiger partial charge in [-0.2, -0.15) is 0 Å². The van der Waals surface area contributed by atoms with E-state index in [4.69, 9.17) is 14.2 Å². The molecule has 3 heteroatoms. The van der Waals surface area contributed by atoms with Crippen LogP contribution in [0.1, 0.15) is 52.4 Å². The van der Waals surface area contributed by atoms with Gasteiger partial charge >= 0.3 is 0 Å². The van der Waals surface area contributed by atoms with Crippen molar-refractivity contribution >= 4 is 0 Å². The van der Waals surface area contributed by atoms with Crippen molar-refractivity contribution in [3.63, 3.8) is 0 Å². The highest BCUT2D eigenvalue weighted by molar-refractivity contribution is 4.96. The smallest absolute Gasteiger partial charge is 0.168 e. The van der Waals surface area contributed by atoms with Crippen molar-refractivity contribution in [1.82, 2.24) is 0 Å². The van der Waals surface area contributed by atoms with Crippen molar-refractivity contribution in [3.8, 4) is 0 Å². The van der Waals surface area contributed by atoms with Crippen molar-refractivity contribution < 1.29 is 14.2 Å². The van der Waals surface area contributed by atoms with Gasteiger partial charge in [-0.15, -0.1) is 0 Å². The molecule has 0 unspecified atom stereocenters. The third-order valence-electron chi connectivity index (χ3n) is 4.76. The van der Waals surface area contributed by atoms with Crippen LogP contribution in [0.4, 0.5) is 0 Å². The molecule has 3 nitrogen and oxygen atoms in total. The molecule has 0 aromatic carbocycles. The summed E-state index contributed by atoms with van der Waals surface area (Å²) in [7, 11) is 0. The van der Waals surface area contributed by atoms with Crippen LogP contribution >= 0.6 is 0 Å². The highest BCUT2D eigenvalue weighted by atomic mass is 16.7. The number of ether oxygens (including phenoxy) is 3. The molecule has 3 fully saturated rings. The van der Waals surface area contributed by atoms with E-state index in [0.29, 0.717) is 5.41 Å². The molecule has 17 heavy (non-hydrogen) atoms. The molecule has 0 bridgehead atoms. The Morgan fingerprint density at radius 3 is 1.82 bits per heavy atom. The van der Waals surface area contributed by atoms with Crippen LogP contribution in [-0.2, 0) is 14.2 Å². The third-order valence-corrected chi connectivity index (χ3v) is 4.76. The predicted molar refractivity (Wildman–Crippen MR) is 64.8 cm³/mol. The van der Waals surface area contributed by atoms with Gasteiger partial charge in [-0.25, -0.2) is 0 Å². The zero-order chi connectivity index (χ0) is 12.0. The molecule has 1 saturated carbocycles. The van der Waals surface area contributed by atoms with E-state index in [1.54, 1.807) is 0 Å². The van der Waals surface area contributed by atoms with E-state index in [-0.39, 0.29) is 11.4 Å². The minimum atomic E-state index is -0.248. The monoisotopic (exact) mass is 240 g/mol. The van der Waals surface area contributed by atoms with Gasteiger partial charge in [0.05, 0.1) is 25.4 Å². The SMILES string of the molecule is CC1(C)CCC2(CCC3(CC2)OCCO3)OC1. The number of rotatable bonds is 0. The van der Waals surface area contributed by atoms with Gasteiger partial charge in [-0.3, -0.25) is 0 Å². The fourth-order valence-electron chi connectivity index (χ4n) is 3.33. The molecule has 2 aliphatic heterocycles. The second-order valence-electron chi connectivity index (χ2n) is 6.74. The maximum absolute atomic E-state index is 6.21. The summed E-state index contributed by atoms with van der Waals surface area (Å²) < 4.78 is 17.8. The highest BCUT2D eigenvalue weighted by Crippen LogP contribution is 2.48. The molecule has 2 saturated heterocycles. The van der Waals surface area contributed by atoms with E-state index >= 15 is 0 Å². The molecule has 3 aliphatic rings. The largest absolute Gasteiger partial charge is 0.374 e. The van der Waals surface area contributed by atoms with Crippen LogP contribution in [0.3, 0.4) is 0 Å². The molecule has 1 aliphatic carbocycles. The molecule has 2 heterocycles. The molecule has 0 N–H and O–H groups in total. The Morgan fingerprint density at radius 1 is 0.706 bits per heavy atom. The lowest BCUT2D eigenvalue weighted by atomic mass is 9.72. The van der Waals surface area contributed by atoms with Crippen molar-refractivity contribution in [2.24, 2.45) is 5.41 Å². The lowest BCUT2D eigenvalue weighted by molar-refractivity contribution is -0.225. The third kappa shape index (κ3) is 2.25. The first-order valence-electron chi connectivity index (χ1n) is 6.95. The Hall–Kier alpha value is -0.120. The van der Waals surface area contributed by atoms with E-state index in [1.807, 2.05) is 0 Å². The Morgan fingerprint density at radius 2 is 1.29 bits per heavy atom. The first-order valence-corrected chi connectivity index (χ1v) is 6.95. The maximum atomic E-state index is 6.21. The summed E-state index contributed by atoms with van der Waals surface area (Å²) in [5.41, 5.74) is 0.497. The number of hydrogen-bond acceptors (Lipinski definition) is 3. The lowest BCUT2D eigenvalue weighted by Crippen LogP contribution is -2.49. The van der Waals surface area contributed by atoms with Gasteiger partial charge in [0.15, 0.2) is 5.79 Å². The second-order valence-corrected chi connectivity index (χ2v) is 6.74. The van der Waals surface area contributed by atoms with Gasteiger partial charge in [-0.05, 0) is 31.1 Å². The van der Waals surface area contributed by atoms with E-state index < -0.39 is 0 Å². The molecular formula is C14H24O3. The summed E-state index contributed by atoms with van der Waals surface area (Å²) in [5.74, 6) is -0.248. The first kappa shape index (κ1) is 11.9. The summed E-state index contributed by atoms with van der Waals surface area (Å²) in [4.78, 5) is 0. The first-order chi connectivity index (χ1) is 8.04. The van der Waals surface area contributed by atoms with Gasteiger partial charge in [0.1, 0.15) is 0 Å².